The summed E-state index contributed by atoms with van der Waals surface area (Å²) in [5.41, 5.74) is 1.14. The molecule has 0 spiro atoms. The third-order valence-corrected chi connectivity index (χ3v) is 6.39. The molecule has 0 radical (unpaired) electrons. The third kappa shape index (κ3) is 5.10. The van der Waals surface area contributed by atoms with E-state index in [0.29, 0.717) is 11.6 Å². The Morgan fingerprint density at radius 2 is 2.14 bits per heavy atom. The van der Waals surface area contributed by atoms with Crippen molar-refractivity contribution < 1.29 is 8.42 Å². The predicted octanol–water partition coefficient (Wildman–Crippen LogP) is 2.53. The van der Waals surface area contributed by atoms with Gasteiger partial charge in [-0.05, 0) is 31.5 Å². The van der Waals surface area contributed by atoms with Crippen LogP contribution >= 0.6 is 24.0 Å². The summed E-state index contributed by atoms with van der Waals surface area (Å²) in [5.74, 6) is 0.210. The fourth-order valence-corrected chi connectivity index (χ4v) is 3.70. The highest BCUT2D eigenvalue weighted by atomic mass is 35.5. The molecule has 1 aromatic carbocycles. The normalized spacial score (nSPS) is 19.9. The Labute approximate surface area is 144 Å². The van der Waals surface area contributed by atoms with Gasteiger partial charge in [-0.2, -0.15) is 0 Å². The monoisotopic (exact) mass is 366 g/mol. The summed E-state index contributed by atoms with van der Waals surface area (Å²) in [6.07, 6.45) is 0. The molecule has 0 amide bonds. The van der Waals surface area contributed by atoms with Crippen LogP contribution in [0.5, 0.6) is 0 Å². The topological polar surface area (TPSA) is 49.4 Å². The number of piperazine rings is 1. The van der Waals surface area contributed by atoms with E-state index in [0.717, 1.165) is 25.2 Å². The van der Waals surface area contributed by atoms with Gasteiger partial charge in [0.25, 0.3) is 0 Å². The molecule has 1 atom stereocenters. The van der Waals surface area contributed by atoms with Crippen molar-refractivity contribution >= 4 is 33.8 Å². The number of halogens is 2. The van der Waals surface area contributed by atoms with Gasteiger partial charge in [0.1, 0.15) is 0 Å². The summed E-state index contributed by atoms with van der Waals surface area (Å²) in [6.45, 7) is 6.61. The zero-order valence-corrected chi connectivity index (χ0v) is 15.3. The molecule has 0 aromatic heterocycles. The van der Waals surface area contributed by atoms with Gasteiger partial charge in [-0.25, -0.2) is 8.42 Å². The molecule has 1 heterocycles. The quantitative estimate of drug-likeness (QED) is 0.869. The van der Waals surface area contributed by atoms with Crippen LogP contribution in [-0.4, -0.2) is 50.5 Å². The van der Waals surface area contributed by atoms with Gasteiger partial charge in [0, 0.05) is 37.2 Å². The van der Waals surface area contributed by atoms with Crippen LogP contribution in [0.3, 0.4) is 0 Å². The number of sulfone groups is 1. The molecule has 7 heteroatoms. The van der Waals surface area contributed by atoms with Crippen molar-refractivity contribution in [3.8, 4) is 0 Å². The Kier molecular flexibility index (Phi) is 7.62. The largest absolute Gasteiger partial charge is 0.314 e. The van der Waals surface area contributed by atoms with E-state index in [9.17, 15) is 8.42 Å². The Hall–Kier alpha value is -0.330. The van der Waals surface area contributed by atoms with E-state index in [1.165, 1.54) is 0 Å². The van der Waals surface area contributed by atoms with Crippen LogP contribution in [0, 0.1) is 0 Å². The Morgan fingerprint density at radius 3 is 2.77 bits per heavy atom. The number of hydrogen-bond donors (Lipinski definition) is 1. The molecular formula is C15H24Cl2N2O2S. The molecule has 4 nitrogen and oxygen atoms in total. The van der Waals surface area contributed by atoms with Gasteiger partial charge in [-0.3, -0.25) is 4.90 Å². The highest BCUT2D eigenvalue weighted by Crippen LogP contribution is 2.24. The number of hydrogen-bond acceptors (Lipinski definition) is 4. The fraction of sp³-hybridized carbons (Fsp3) is 0.600. The van der Waals surface area contributed by atoms with Crippen LogP contribution in [-0.2, 0) is 9.84 Å². The first-order valence-electron chi connectivity index (χ1n) is 7.32. The molecule has 1 saturated heterocycles. The smallest absolute Gasteiger partial charge is 0.153 e. The molecule has 1 N–H and O–H groups in total. The minimum absolute atomic E-state index is 0. The summed E-state index contributed by atoms with van der Waals surface area (Å²) >= 11 is 6.07. The van der Waals surface area contributed by atoms with Crippen LogP contribution in [0.25, 0.3) is 0 Å². The molecule has 1 aliphatic heterocycles. The predicted molar refractivity (Wildman–Crippen MR) is 94.8 cm³/mol. The molecule has 0 saturated carbocycles. The van der Waals surface area contributed by atoms with Crippen LogP contribution in [0.2, 0.25) is 5.02 Å². The maximum absolute atomic E-state index is 12.0. The standard InChI is InChI=1S/C15H23ClN2O2S.ClH/c1-12(2)21(19,20)9-8-18-7-6-17-11-15(18)13-4-3-5-14(16)10-13;/h3-5,10,12,15,17H,6-9,11H2,1-2H3;1H. The van der Waals surface area contributed by atoms with E-state index < -0.39 is 9.84 Å². The maximum Gasteiger partial charge on any atom is 0.153 e. The lowest BCUT2D eigenvalue weighted by atomic mass is 10.0. The van der Waals surface area contributed by atoms with E-state index in [4.69, 9.17) is 11.6 Å². The average molecular weight is 367 g/mol. The van der Waals surface area contributed by atoms with Gasteiger partial charge in [0.05, 0.1) is 11.0 Å². The number of nitrogens with one attached hydrogen (secondary N) is 1. The third-order valence-electron chi connectivity index (χ3n) is 3.97. The van der Waals surface area contributed by atoms with Crippen LogP contribution in [0.1, 0.15) is 25.5 Å². The van der Waals surface area contributed by atoms with E-state index in [2.05, 4.69) is 10.2 Å². The Bertz CT molecular complexity index is 579. The van der Waals surface area contributed by atoms with Gasteiger partial charge in [-0.1, -0.05) is 23.7 Å². The van der Waals surface area contributed by atoms with Gasteiger partial charge in [-0.15, -0.1) is 12.4 Å². The van der Waals surface area contributed by atoms with Crippen molar-refractivity contribution in [2.45, 2.75) is 25.1 Å². The minimum Gasteiger partial charge on any atom is -0.314 e. The average Bonchev–Trinajstić information content (AvgIpc) is 2.45. The second-order valence-electron chi connectivity index (χ2n) is 5.73. The van der Waals surface area contributed by atoms with E-state index >= 15 is 0 Å². The molecule has 1 aromatic rings. The van der Waals surface area contributed by atoms with Crippen molar-refractivity contribution in [1.82, 2.24) is 10.2 Å². The van der Waals surface area contributed by atoms with Crippen molar-refractivity contribution in [1.29, 1.82) is 0 Å². The highest BCUT2D eigenvalue weighted by Gasteiger charge is 2.26. The molecule has 0 bridgehead atoms. The minimum atomic E-state index is -3.00. The summed E-state index contributed by atoms with van der Waals surface area (Å²) in [5, 5.41) is 3.77. The lowest BCUT2D eigenvalue weighted by molar-refractivity contribution is 0.172. The van der Waals surface area contributed by atoms with E-state index in [-0.39, 0.29) is 29.5 Å². The zero-order chi connectivity index (χ0) is 15.5. The molecule has 22 heavy (non-hydrogen) atoms. The van der Waals surface area contributed by atoms with Crippen LogP contribution < -0.4 is 5.32 Å². The van der Waals surface area contributed by atoms with Gasteiger partial charge < -0.3 is 5.32 Å². The lowest BCUT2D eigenvalue weighted by Crippen LogP contribution is -2.47. The summed E-state index contributed by atoms with van der Waals surface area (Å²) in [6, 6.07) is 7.99. The second-order valence-corrected chi connectivity index (χ2v) is 8.84. The second kappa shape index (κ2) is 8.50. The lowest BCUT2D eigenvalue weighted by Gasteiger charge is -2.36. The van der Waals surface area contributed by atoms with Gasteiger partial charge in [0.15, 0.2) is 9.84 Å². The van der Waals surface area contributed by atoms with Crippen molar-refractivity contribution in [2.75, 3.05) is 31.9 Å². The first-order chi connectivity index (χ1) is 9.90. The van der Waals surface area contributed by atoms with Crippen molar-refractivity contribution in [2.24, 2.45) is 0 Å². The van der Waals surface area contributed by atoms with Gasteiger partial charge in [0.2, 0.25) is 0 Å². The van der Waals surface area contributed by atoms with Crippen molar-refractivity contribution in [3.05, 3.63) is 34.9 Å². The molecule has 2 rings (SSSR count). The fourth-order valence-electron chi connectivity index (χ4n) is 2.54. The van der Waals surface area contributed by atoms with Crippen molar-refractivity contribution in [3.63, 3.8) is 0 Å². The Morgan fingerprint density at radius 1 is 1.41 bits per heavy atom. The number of rotatable bonds is 5. The first-order valence-corrected chi connectivity index (χ1v) is 9.41. The molecule has 1 fully saturated rings. The first kappa shape index (κ1) is 19.7. The molecule has 0 aliphatic carbocycles. The highest BCUT2D eigenvalue weighted by molar-refractivity contribution is 7.92. The molecular weight excluding hydrogens is 343 g/mol. The van der Waals surface area contributed by atoms with Crippen LogP contribution in [0.15, 0.2) is 24.3 Å². The summed E-state index contributed by atoms with van der Waals surface area (Å²) in [7, 11) is -3.00. The summed E-state index contributed by atoms with van der Waals surface area (Å²) < 4.78 is 24.0. The van der Waals surface area contributed by atoms with Gasteiger partial charge >= 0.3 is 0 Å². The Balaban J connectivity index is 0.00000242. The molecule has 126 valence electrons. The molecule has 1 aliphatic rings. The number of benzene rings is 1. The van der Waals surface area contributed by atoms with E-state index in [1.54, 1.807) is 13.8 Å². The SMILES string of the molecule is CC(C)S(=O)(=O)CCN1CCNCC1c1cccc(Cl)c1.Cl. The van der Waals surface area contributed by atoms with Crippen LogP contribution in [0.4, 0.5) is 0 Å². The zero-order valence-electron chi connectivity index (χ0n) is 13.0. The number of nitrogens with zero attached hydrogens (tertiary/aromatic N) is 1. The summed E-state index contributed by atoms with van der Waals surface area (Å²) in [4.78, 5) is 2.24. The maximum atomic E-state index is 12.0. The molecule has 1 unspecified atom stereocenters. The van der Waals surface area contributed by atoms with E-state index in [1.807, 2.05) is 24.3 Å².